The Kier molecular flexibility index (Phi) is 5.30. The number of rotatable bonds is 5. The summed E-state index contributed by atoms with van der Waals surface area (Å²) < 4.78 is 23.9. The van der Waals surface area contributed by atoms with Gasteiger partial charge in [-0.15, -0.1) is 0 Å². The van der Waals surface area contributed by atoms with Crippen LogP contribution in [0, 0.1) is 0 Å². The zero-order chi connectivity index (χ0) is 18.0. The molecule has 0 aliphatic heterocycles. The molecule has 0 aliphatic rings. The zero-order valence-electron chi connectivity index (χ0n) is 13.7. The number of carbonyl (C=O) groups excluding carboxylic acids is 1. The minimum Gasteiger partial charge on any atom is -0.309 e. The molecule has 0 unspecified atom stereocenters. The molecule has 0 bridgehead atoms. The van der Waals surface area contributed by atoms with Gasteiger partial charge in [0, 0.05) is 11.2 Å². The van der Waals surface area contributed by atoms with Crippen LogP contribution >= 0.6 is 11.6 Å². The van der Waals surface area contributed by atoms with Crippen molar-refractivity contribution >= 4 is 33.2 Å². The van der Waals surface area contributed by atoms with Crippen molar-refractivity contribution in [2.75, 3.05) is 5.32 Å². The first-order valence-electron chi connectivity index (χ1n) is 7.45. The summed E-state index contributed by atoms with van der Waals surface area (Å²) >= 11 is 5.79. The largest absolute Gasteiger partial charge is 0.309 e. The van der Waals surface area contributed by atoms with Crippen LogP contribution in [-0.2, 0) is 21.1 Å². The lowest BCUT2D eigenvalue weighted by atomic mass is 10.2. The van der Waals surface area contributed by atoms with E-state index in [9.17, 15) is 13.2 Å². The molecule has 1 aromatic heterocycles. The topological polar surface area (TPSA) is 76.1 Å². The SMILES string of the molecule is CCc1ccnc(NC(=O)C(C)(C)S(=O)(=O)c2ccc(Cl)cc2)c1. The van der Waals surface area contributed by atoms with Gasteiger partial charge in [0.2, 0.25) is 5.91 Å². The summed E-state index contributed by atoms with van der Waals surface area (Å²) in [5, 5.41) is 3.02. The Hall–Kier alpha value is -1.92. The van der Waals surface area contributed by atoms with Gasteiger partial charge in [-0.05, 0) is 62.2 Å². The fourth-order valence-electron chi connectivity index (χ4n) is 2.06. The number of amides is 1. The van der Waals surface area contributed by atoms with Crippen LogP contribution in [0.1, 0.15) is 26.3 Å². The van der Waals surface area contributed by atoms with Gasteiger partial charge < -0.3 is 5.32 Å². The number of hydrogen-bond donors (Lipinski definition) is 1. The molecule has 0 spiro atoms. The summed E-state index contributed by atoms with van der Waals surface area (Å²) in [5.41, 5.74) is 0.999. The highest BCUT2D eigenvalue weighted by molar-refractivity contribution is 7.93. The molecule has 5 nitrogen and oxygen atoms in total. The lowest BCUT2D eigenvalue weighted by molar-refractivity contribution is -0.117. The number of pyridine rings is 1. The maximum atomic E-state index is 12.8. The van der Waals surface area contributed by atoms with E-state index < -0.39 is 20.5 Å². The Morgan fingerprint density at radius 2 is 1.83 bits per heavy atom. The van der Waals surface area contributed by atoms with E-state index >= 15 is 0 Å². The van der Waals surface area contributed by atoms with Crippen molar-refractivity contribution in [3.05, 3.63) is 53.2 Å². The van der Waals surface area contributed by atoms with Gasteiger partial charge in [0.15, 0.2) is 9.84 Å². The lowest BCUT2D eigenvalue weighted by Gasteiger charge is -2.23. The summed E-state index contributed by atoms with van der Waals surface area (Å²) in [6.45, 7) is 4.72. The van der Waals surface area contributed by atoms with E-state index in [1.54, 1.807) is 12.3 Å². The van der Waals surface area contributed by atoms with Crippen molar-refractivity contribution in [2.45, 2.75) is 36.8 Å². The smallest absolute Gasteiger partial charge is 0.246 e. The maximum absolute atomic E-state index is 12.8. The molecule has 0 fully saturated rings. The van der Waals surface area contributed by atoms with Crippen LogP contribution in [0.5, 0.6) is 0 Å². The molecule has 0 saturated carbocycles. The monoisotopic (exact) mass is 366 g/mol. The van der Waals surface area contributed by atoms with Crippen LogP contribution in [0.25, 0.3) is 0 Å². The Morgan fingerprint density at radius 3 is 2.42 bits per heavy atom. The fourth-order valence-corrected chi connectivity index (χ4v) is 3.56. The molecular formula is C17H19ClN2O3S. The van der Waals surface area contributed by atoms with Crippen molar-refractivity contribution in [1.29, 1.82) is 0 Å². The molecule has 128 valence electrons. The van der Waals surface area contributed by atoms with Crippen LogP contribution in [-0.4, -0.2) is 24.1 Å². The minimum atomic E-state index is -3.89. The highest BCUT2D eigenvalue weighted by atomic mass is 35.5. The predicted octanol–water partition coefficient (Wildman–Crippen LogP) is 3.49. The molecule has 1 amide bonds. The van der Waals surface area contributed by atoms with Crippen LogP contribution < -0.4 is 5.32 Å². The molecule has 2 aromatic rings. The molecule has 1 aromatic carbocycles. The van der Waals surface area contributed by atoms with E-state index in [1.807, 2.05) is 13.0 Å². The number of nitrogens with one attached hydrogen (secondary N) is 1. The molecule has 0 radical (unpaired) electrons. The second kappa shape index (κ2) is 6.91. The predicted molar refractivity (Wildman–Crippen MR) is 95.0 cm³/mol. The molecule has 24 heavy (non-hydrogen) atoms. The van der Waals surface area contributed by atoms with Crippen LogP contribution in [0.15, 0.2) is 47.5 Å². The van der Waals surface area contributed by atoms with E-state index in [0.29, 0.717) is 10.8 Å². The highest BCUT2D eigenvalue weighted by Crippen LogP contribution is 2.27. The Labute approximate surface area is 147 Å². The first kappa shape index (κ1) is 18.4. The highest BCUT2D eigenvalue weighted by Gasteiger charge is 2.43. The third kappa shape index (κ3) is 3.60. The molecule has 0 saturated heterocycles. The number of benzene rings is 1. The van der Waals surface area contributed by atoms with Gasteiger partial charge in [0.25, 0.3) is 0 Å². The Balaban J connectivity index is 2.30. The third-order valence-electron chi connectivity index (χ3n) is 3.82. The molecule has 0 atom stereocenters. The van der Waals surface area contributed by atoms with Crippen molar-refractivity contribution < 1.29 is 13.2 Å². The first-order chi connectivity index (χ1) is 11.2. The van der Waals surface area contributed by atoms with E-state index in [4.69, 9.17) is 11.6 Å². The molecular weight excluding hydrogens is 348 g/mol. The number of nitrogens with zero attached hydrogens (tertiary/aromatic N) is 1. The van der Waals surface area contributed by atoms with E-state index in [2.05, 4.69) is 10.3 Å². The molecule has 7 heteroatoms. The Bertz CT molecular complexity index is 846. The van der Waals surface area contributed by atoms with Crippen molar-refractivity contribution in [2.24, 2.45) is 0 Å². The van der Waals surface area contributed by atoms with E-state index in [1.165, 1.54) is 38.1 Å². The summed E-state index contributed by atoms with van der Waals surface area (Å²) in [4.78, 5) is 16.7. The first-order valence-corrected chi connectivity index (χ1v) is 9.31. The molecule has 1 heterocycles. The Morgan fingerprint density at radius 1 is 1.21 bits per heavy atom. The van der Waals surface area contributed by atoms with E-state index in [-0.39, 0.29) is 4.90 Å². The number of halogens is 1. The maximum Gasteiger partial charge on any atom is 0.246 e. The quantitative estimate of drug-likeness (QED) is 0.878. The summed E-state index contributed by atoms with van der Waals surface area (Å²) in [6.07, 6.45) is 2.37. The summed E-state index contributed by atoms with van der Waals surface area (Å²) in [6, 6.07) is 9.31. The minimum absolute atomic E-state index is 0.0438. The van der Waals surface area contributed by atoms with Crippen molar-refractivity contribution in [3.63, 3.8) is 0 Å². The number of aryl methyl sites for hydroxylation is 1. The third-order valence-corrected chi connectivity index (χ3v) is 6.49. The summed E-state index contributed by atoms with van der Waals surface area (Å²) in [7, 11) is -3.89. The van der Waals surface area contributed by atoms with E-state index in [0.717, 1.165) is 12.0 Å². The summed E-state index contributed by atoms with van der Waals surface area (Å²) in [5.74, 6) is -0.308. The van der Waals surface area contributed by atoms with Crippen LogP contribution in [0.4, 0.5) is 5.82 Å². The van der Waals surface area contributed by atoms with Gasteiger partial charge in [-0.2, -0.15) is 0 Å². The second-order valence-corrected chi connectivity index (χ2v) is 8.76. The van der Waals surface area contributed by atoms with Gasteiger partial charge >= 0.3 is 0 Å². The number of hydrogen-bond acceptors (Lipinski definition) is 4. The van der Waals surface area contributed by atoms with Gasteiger partial charge in [-0.25, -0.2) is 13.4 Å². The van der Waals surface area contributed by atoms with Gasteiger partial charge in [-0.3, -0.25) is 4.79 Å². The number of carbonyl (C=O) groups is 1. The molecule has 0 aliphatic carbocycles. The average molecular weight is 367 g/mol. The fraction of sp³-hybridized carbons (Fsp3) is 0.294. The zero-order valence-corrected chi connectivity index (χ0v) is 15.3. The van der Waals surface area contributed by atoms with Gasteiger partial charge in [-0.1, -0.05) is 18.5 Å². The van der Waals surface area contributed by atoms with Crippen molar-refractivity contribution in [3.8, 4) is 0 Å². The second-order valence-electron chi connectivity index (χ2n) is 5.82. The van der Waals surface area contributed by atoms with Gasteiger partial charge in [0.05, 0.1) is 4.90 Å². The average Bonchev–Trinajstić information content (AvgIpc) is 2.55. The lowest BCUT2D eigenvalue weighted by Crippen LogP contribution is -2.44. The standard InChI is InChI=1S/C17H19ClN2O3S/c1-4-12-9-10-19-15(11-12)20-16(21)17(2,3)24(22,23)14-7-5-13(18)6-8-14/h5-11H,4H2,1-3H3,(H,19,20,21). The van der Waals surface area contributed by atoms with Gasteiger partial charge in [0.1, 0.15) is 10.6 Å². The molecule has 2 rings (SSSR count). The van der Waals surface area contributed by atoms with Crippen LogP contribution in [0.3, 0.4) is 0 Å². The number of sulfone groups is 1. The number of aromatic nitrogens is 1. The van der Waals surface area contributed by atoms with Crippen LogP contribution in [0.2, 0.25) is 5.02 Å². The molecule has 1 N–H and O–H groups in total. The number of anilines is 1. The van der Waals surface area contributed by atoms with Crippen molar-refractivity contribution in [1.82, 2.24) is 4.98 Å². The normalized spacial score (nSPS) is 12.0.